The van der Waals surface area contributed by atoms with Crippen LogP contribution in [0.1, 0.15) is 5.56 Å². The number of benzene rings is 2. The first-order valence-electron chi connectivity index (χ1n) is 7.77. The van der Waals surface area contributed by atoms with Gasteiger partial charge in [-0.2, -0.15) is 0 Å². The van der Waals surface area contributed by atoms with Crippen molar-refractivity contribution in [2.45, 2.75) is 11.4 Å². The fourth-order valence-electron chi connectivity index (χ4n) is 2.33. The van der Waals surface area contributed by atoms with Crippen LogP contribution in [0.4, 0.5) is 10.1 Å². The van der Waals surface area contributed by atoms with Crippen molar-refractivity contribution < 1.29 is 14.1 Å². The minimum absolute atomic E-state index is 0.0405. The van der Waals surface area contributed by atoms with E-state index in [0.717, 1.165) is 26.8 Å². The van der Waals surface area contributed by atoms with Gasteiger partial charge in [0, 0.05) is 16.2 Å². The quantitative estimate of drug-likeness (QED) is 0.570. The summed E-state index contributed by atoms with van der Waals surface area (Å²) in [5.41, 5.74) is 1.83. The zero-order chi connectivity index (χ0) is 17.4. The topological polar surface area (TPSA) is 33.5 Å². The number of para-hydroxylation sites is 1. The SMILES string of the molecule is C=CCSc1ccccc1NC(=O)C[NH+](C)Cc1ccc(F)cc1. The van der Waals surface area contributed by atoms with Crippen LogP contribution in [0.5, 0.6) is 0 Å². The molecule has 2 aromatic rings. The molecule has 126 valence electrons. The van der Waals surface area contributed by atoms with Gasteiger partial charge < -0.3 is 10.2 Å². The zero-order valence-corrected chi connectivity index (χ0v) is 14.5. The summed E-state index contributed by atoms with van der Waals surface area (Å²) in [4.78, 5) is 14.3. The van der Waals surface area contributed by atoms with E-state index in [9.17, 15) is 9.18 Å². The lowest BCUT2D eigenvalue weighted by Gasteiger charge is -2.15. The van der Waals surface area contributed by atoms with Crippen LogP contribution >= 0.6 is 11.8 Å². The summed E-state index contributed by atoms with van der Waals surface area (Å²) < 4.78 is 12.9. The molecular weight excluding hydrogens is 323 g/mol. The summed E-state index contributed by atoms with van der Waals surface area (Å²) >= 11 is 1.64. The van der Waals surface area contributed by atoms with Gasteiger partial charge >= 0.3 is 0 Å². The van der Waals surface area contributed by atoms with Crippen molar-refractivity contribution >= 4 is 23.4 Å². The van der Waals surface area contributed by atoms with Crippen LogP contribution in [0, 0.1) is 5.82 Å². The summed E-state index contributed by atoms with van der Waals surface area (Å²) in [6, 6.07) is 14.1. The number of quaternary nitrogens is 1. The first-order chi connectivity index (χ1) is 11.6. The Hall–Kier alpha value is -2.11. The van der Waals surface area contributed by atoms with Crippen molar-refractivity contribution in [2.24, 2.45) is 0 Å². The number of likely N-dealkylation sites (N-methyl/N-ethyl adjacent to an activating group) is 1. The van der Waals surface area contributed by atoms with Gasteiger partial charge in [-0.3, -0.25) is 4.79 Å². The highest BCUT2D eigenvalue weighted by Gasteiger charge is 2.12. The van der Waals surface area contributed by atoms with Gasteiger partial charge in [0.25, 0.3) is 5.91 Å². The van der Waals surface area contributed by atoms with Gasteiger partial charge in [0.05, 0.1) is 12.7 Å². The highest BCUT2D eigenvalue weighted by molar-refractivity contribution is 7.99. The lowest BCUT2D eigenvalue weighted by atomic mass is 10.2. The number of hydrogen-bond donors (Lipinski definition) is 2. The Bertz CT molecular complexity index is 688. The number of halogens is 1. The standard InChI is InChI=1S/C19H21FN2OS/c1-3-12-24-18-7-5-4-6-17(18)21-19(23)14-22(2)13-15-8-10-16(20)11-9-15/h3-11H,1,12-14H2,2H3,(H,21,23)/p+1. The molecule has 0 radical (unpaired) electrons. The van der Waals surface area contributed by atoms with E-state index in [1.807, 2.05) is 37.4 Å². The molecule has 1 unspecified atom stereocenters. The predicted molar refractivity (Wildman–Crippen MR) is 97.9 cm³/mol. The van der Waals surface area contributed by atoms with Gasteiger partial charge in [0.15, 0.2) is 6.54 Å². The molecule has 1 atom stereocenters. The van der Waals surface area contributed by atoms with Gasteiger partial charge in [0.1, 0.15) is 12.4 Å². The highest BCUT2D eigenvalue weighted by Crippen LogP contribution is 2.26. The zero-order valence-electron chi connectivity index (χ0n) is 13.7. The minimum Gasteiger partial charge on any atom is -0.326 e. The maximum atomic E-state index is 12.9. The number of carbonyl (C=O) groups is 1. The second-order valence-corrected chi connectivity index (χ2v) is 6.64. The van der Waals surface area contributed by atoms with Gasteiger partial charge in [0.2, 0.25) is 0 Å². The Labute approximate surface area is 146 Å². The summed E-state index contributed by atoms with van der Waals surface area (Å²) in [7, 11) is 1.95. The molecule has 0 bridgehead atoms. The van der Waals surface area contributed by atoms with Crippen LogP contribution in [0.25, 0.3) is 0 Å². The van der Waals surface area contributed by atoms with Crippen LogP contribution in [0.3, 0.4) is 0 Å². The number of nitrogens with one attached hydrogen (secondary N) is 2. The molecule has 0 aliphatic carbocycles. The van der Waals surface area contributed by atoms with Crippen molar-refractivity contribution in [3.8, 4) is 0 Å². The summed E-state index contributed by atoms with van der Waals surface area (Å²) in [6.07, 6.45) is 1.84. The van der Waals surface area contributed by atoms with Crippen molar-refractivity contribution in [3.05, 3.63) is 72.6 Å². The number of anilines is 1. The van der Waals surface area contributed by atoms with Gasteiger partial charge in [-0.1, -0.05) is 30.3 Å². The summed E-state index contributed by atoms with van der Waals surface area (Å²) in [6.45, 7) is 4.73. The molecule has 0 spiro atoms. The normalized spacial score (nSPS) is 11.8. The van der Waals surface area contributed by atoms with Crippen molar-refractivity contribution in [2.75, 3.05) is 24.7 Å². The Kier molecular flexibility index (Phi) is 7.03. The molecule has 2 aromatic carbocycles. The van der Waals surface area contributed by atoms with E-state index in [2.05, 4.69) is 11.9 Å². The van der Waals surface area contributed by atoms with Crippen molar-refractivity contribution in [1.29, 1.82) is 0 Å². The Morgan fingerprint density at radius 2 is 1.96 bits per heavy atom. The molecule has 2 rings (SSSR count). The number of thioether (sulfide) groups is 1. The van der Waals surface area contributed by atoms with E-state index in [0.29, 0.717) is 13.1 Å². The number of rotatable bonds is 8. The predicted octanol–water partition coefficient (Wildman–Crippen LogP) is 2.76. The van der Waals surface area contributed by atoms with Crippen LogP contribution in [0.15, 0.2) is 66.1 Å². The Morgan fingerprint density at radius 1 is 1.25 bits per heavy atom. The summed E-state index contributed by atoms with van der Waals surface area (Å²) in [5, 5.41) is 2.97. The molecule has 5 heteroatoms. The van der Waals surface area contributed by atoms with Crippen molar-refractivity contribution in [3.63, 3.8) is 0 Å². The molecule has 1 amide bonds. The third kappa shape index (κ3) is 5.83. The summed E-state index contributed by atoms with van der Waals surface area (Å²) in [5.74, 6) is 0.506. The molecule has 0 aromatic heterocycles. The van der Waals surface area contributed by atoms with Gasteiger partial charge in [-0.15, -0.1) is 18.3 Å². The van der Waals surface area contributed by atoms with E-state index in [1.165, 1.54) is 12.1 Å². The molecule has 24 heavy (non-hydrogen) atoms. The molecule has 3 nitrogen and oxygen atoms in total. The third-order valence-corrected chi connectivity index (χ3v) is 4.47. The van der Waals surface area contributed by atoms with Crippen LogP contribution < -0.4 is 10.2 Å². The third-order valence-electron chi connectivity index (χ3n) is 3.40. The largest absolute Gasteiger partial charge is 0.326 e. The number of amides is 1. The van der Waals surface area contributed by atoms with Gasteiger partial charge in [-0.25, -0.2) is 4.39 Å². The average molecular weight is 345 g/mol. The maximum absolute atomic E-state index is 12.9. The molecule has 2 N–H and O–H groups in total. The molecule has 0 saturated carbocycles. The average Bonchev–Trinajstić information content (AvgIpc) is 2.56. The number of carbonyl (C=O) groups excluding carboxylic acids is 1. The molecule has 0 fully saturated rings. The van der Waals surface area contributed by atoms with E-state index < -0.39 is 0 Å². The lowest BCUT2D eigenvalue weighted by Crippen LogP contribution is -3.08. The molecule has 0 aliphatic rings. The van der Waals surface area contributed by atoms with Crippen LogP contribution in [-0.2, 0) is 11.3 Å². The minimum atomic E-state index is -0.247. The second kappa shape index (κ2) is 9.25. The lowest BCUT2D eigenvalue weighted by molar-refractivity contribution is -0.885. The van der Waals surface area contributed by atoms with E-state index >= 15 is 0 Å². The van der Waals surface area contributed by atoms with Crippen molar-refractivity contribution in [1.82, 2.24) is 0 Å². The molecule has 0 saturated heterocycles. The van der Waals surface area contributed by atoms with E-state index in [1.54, 1.807) is 23.9 Å². The fraction of sp³-hybridized carbons (Fsp3) is 0.211. The molecule has 0 aliphatic heterocycles. The first-order valence-corrected chi connectivity index (χ1v) is 8.75. The Balaban J connectivity index is 1.90. The van der Waals surface area contributed by atoms with Gasteiger partial charge in [-0.05, 0) is 24.3 Å². The van der Waals surface area contributed by atoms with E-state index in [4.69, 9.17) is 0 Å². The Morgan fingerprint density at radius 3 is 2.67 bits per heavy atom. The highest BCUT2D eigenvalue weighted by atomic mass is 32.2. The van der Waals surface area contributed by atoms with Crippen LogP contribution in [0.2, 0.25) is 0 Å². The molecule has 0 heterocycles. The van der Waals surface area contributed by atoms with Crippen LogP contribution in [-0.4, -0.2) is 25.3 Å². The first kappa shape index (κ1) is 18.2. The fourth-order valence-corrected chi connectivity index (χ4v) is 3.07. The van der Waals surface area contributed by atoms with E-state index in [-0.39, 0.29) is 11.7 Å². The smallest absolute Gasteiger partial charge is 0.279 e. The molecular formula is C19H22FN2OS+. The number of hydrogen-bond acceptors (Lipinski definition) is 2. The monoisotopic (exact) mass is 345 g/mol. The maximum Gasteiger partial charge on any atom is 0.279 e. The second-order valence-electron chi connectivity index (χ2n) is 5.58.